The summed E-state index contributed by atoms with van der Waals surface area (Å²) < 4.78 is 12.4. The lowest BCUT2D eigenvalue weighted by Crippen LogP contribution is -2.31. The number of hydrogen-bond acceptors (Lipinski definition) is 8. The molecule has 0 amide bonds. The lowest BCUT2D eigenvalue weighted by atomic mass is 9.84. The third-order valence-corrected chi connectivity index (χ3v) is 7.52. The first-order valence-corrected chi connectivity index (χ1v) is 13.1. The number of nitrogens with zero attached hydrogens (tertiary/aromatic N) is 6. The monoisotopic (exact) mass is 533 g/mol. The molecule has 1 fully saturated rings. The van der Waals surface area contributed by atoms with Gasteiger partial charge in [0.15, 0.2) is 5.60 Å². The normalized spacial score (nSPS) is 14.9. The van der Waals surface area contributed by atoms with Crippen molar-refractivity contribution in [2.75, 3.05) is 7.11 Å². The molecule has 0 spiro atoms. The lowest BCUT2D eigenvalue weighted by molar-refractivity contribution is 0.117. The second kappa shape index (κ2) is 9.13. The predicted molar refractivity (Wildman–Crippen MR) is 147 cm³/mol. The summed E-state index contributed by atoms with van der Waals surface area (Å²) in [5.74, 6) is 2.73. The number of aliphatic hydroxyl groups is 1. The molecule has 0 saturated heterocycles. The highest BCUT2D eigenvalue weighted by molar-refractivity contribution is 5.88. The SMILES string of the molecule is COc1ccc(-n2cc(C(O)(c3ccccn3)c3cc(-c4c(C)noc4C)cc4[nH]c(C5CC5)nc34)nn2)cc1. The number of aromatic nitrogens is 7. The van der Waals surface area contributed by atoms with Crippen molar-refractivity contribution in [3.05, 3.63) is 101 Å². The summed E-state index contributed by atoms with van der Waals surface area (Å²) in [4.78, 5) is 13.1. The number of ether oxygens (including phenoxy) is 1. The van der Waals surface area contributed by atoms with Crippen LogP contribution >= 0.6 is 0 Å². The first-order valence-electron chi connectivity index (χ1n) is 13.1. The average molecular weight is 534 g/mol. The molecule has 0 bridgehead atoms. The van der Waals surface area contributed by atoms with Crippen LogP contribution in [0.15, 0.2) is 71.5 Å². The zero-order chi connectivity index (χ0) is 27.4. The minimum atomic E-state index is -1.77. The summed E-state index contributed by atoms with van der Waals surface area (Å²) in [5, 5.41) is 25.8. The fourth-order valence-corrected chi connectivity index (χ4v) is 5.28. The largest absolute Gasteiger partial charge is 0.497 e. The molecule has 1 unspecified atom stereocenters. The Hall–Kier alpha value is -4.83. The van der Waals surface area contributed by atoms with Crippen molar-refractivity contribution in [1.82, 2.24) is 35.1 Å². The first kappa shape index (κ1) is 24.2. The van der Waals surface area contributed by atoms with E-state index in [0.717, 1.165) is 52.4 Å². The van der Waals surface area contributed by atoms with Crippen molar-refractivity contribution in [2.24, 2.45) is 0 Å². The molecule has 1 aliphatic carbocycles. The Labute approximate surface area is 229 Å². The quantitative estimate of drug-likeness (QED) is 0.294. The van der Waals surface area contributed by atoms with Gasteiger partial charge in [0.25, 0.3) is 0 Å². The minimum absolute atomic E-state index is 0.315. The number of aromatic amines is 1. The summed E-state index contributed by atoms with van der Waals surface area (Å²) in [6.45, 7) is 3.79. The van der Waals surface area contributed by atoms with Gasteiger partial charge >= 0.3 is 0 Å². The van der Waals surface area contributed by atoms with E-state index in [1.54, 1.807) is 30.3 Å². The molecule has 4 aromatic heterocycles. The van der Waals surface area contributed by atoms with Gasteiger partial charge in [0.2, 0.25) is 0 Å². The van der Waals surface area contributed by atoms with Crippen LogP contribution in [-0.4, -0.2) is 47.3 Å². The summed E-state index contributed by atoms with van der Waals surface area (Å²) >= 11 is 0. The second-order valence-electron chi connectivity index (χ2n) is 10.2. The Morgan fingerprint density at radius 3 is 2.58 bits per heavy atom. The first-order chi connectivity index (χ1) is 19.5. The van der Waals surface area contributed by atoms with Gasteiger partial charge in [-0.15, -0.1) is 5.10 Å². The van der Waals surface area contributed by atoms with E-state index >= 15 is 0 Å². The fraction of sp³-hybridized carbons (Fsp3) is 0.233. The van der Waals surface area contributed by atoms with Crippen molar-refractivity contribution in [3.63, 3.8) is 0 Å². The number of hydrogen-bond donors (Lipinski definition) is 2. The van der Waals surface area contributed by atoms with Gasteiger partial charge in [0.1, 0.15) is 23.0 Å². The van der Waals surface area contributed by atoms with E-state index in [1.807, 2.05) is 62.4 Å². The molecule has 0 aliphatic heterocycles. The Morgan fingerprint density at radius 1 is 1.07 bits per heavy atom. The summed E-state index contributed by atoms with van der Waals surface area (Å²) in [5.41, 5.74) is 4.22. The van der Waals surface area contributed by atoms with Gasteiger partial charge in [-0.05, 0) is 80.8 Å². The standard InChI is InChI=1S/C30H27N7O3/c1-17-27(18(2)40-35-17)20-14-23(28-24(15-20)32-29(33-28)19-7-8-19)30(38,25-6-4-5-13-31-25)26-16-37(36-34-26)21-9-11-22(39-3)12-10-21/h4-6,9-16,19,38H,7-8H2,1-3H3,(H,32,33). The van der Waals surface area contributed by atoms with E-state index in [-0.39, 0.29) is 0 Å². The van der Waals surface area contributed by atoms with Crippen LogP contribution in [0.1, 0.15) is 53.0 Å². The van der Waals surface area contributed by atoms with Gasteiger partial charge < -0.3 is 19.4 Å². The molecule has 4 heterocycles. The lowest BCUT2D eigenvalue weighted by Gasteiger charge is -2.27. The number of aryl methyl sites for hydroxylation is 2. The van der Waals surface area contributed by atoms with Gasteiger partial charge in [-0.25, -0.2) is 9.67 Å². The van der Waals surface area contributed by atoms with E-state index in [0.29, 0.717) is 34.1 Å². The molecule has 40 heavy (non-hydrogen) atoms. The fourth-order valence-electron chi connectivity index (χ4n) is 5.28. The van der Waals surface area contributed by atoms with E-state index in [4.69, 9.17) is 14.2 Å². The molecule has 1 aliphatic rings. The Morgan fingerprint density at radius 2 is 1.90 bits per heavy atom. The van der Waals surface area contributed by atoms with Crippen molar-refractivity contribution in [1.29, 1.82) is 0 Å². The highest BCUT2D eigenvalue weighted by atomic mass is 16.5. The van der Waals surface area contributed by atoms with Crippen LogP contribution in [0.5, 0.6) is 5.75 Å². The second-order valence-corrected chi connectivity index (χ2v) is 10.2. The highest BCUT2D eigenvalue weighted by Gasteiger charge is 2.41. The van der Waals surface area contributed by atoms with Crippen LogP contribution in [0.25, 0.3) is 27.8 Å². The number of pyridine rings is 1. The molecule has 2 N–H and O–H groups in total. The zero-order valence-corrected chi connectivity index (χ0v) is 22.3. The van der Waals surface area contributed by atoms with Gasteiger partial charge in [0.05, 0.1) is 41.4 Å². The molecule has 0 radical (unpaired) electrons. The van der Waals surface area contributed by atoms with Gasteiger partial charge in [-0.3, -0.25) is 4.98 Å². The molecule has 2 aromatic carbocycles. The van der Waals surface area contributed by atoms with E-state index in [2.05, 4.69) is 25.4 Å². The number of benzene rings is 2. The number of nitrogens with one attached hydrogen (secondary N) is 1. The molecule has 200 valence electrons. The molecule has 7 rings (SSSR count). The van der Waals surface area contributed by atoms with E-state index < -0.39 is 5.60 Å². The minimum Gasteiger partial charge on any atom is -0.497 e. The number of methoxy groups -OCH3 is 1. The molecular formula is C30H27N7O3. The number of fused-ring (bicyclic) bond motifs is 1. The van der Waals surface area contributed by atoms with Crippen molar-refractivity contribution in [2.45, 2.75) is 38.2 Å². The summed E-state index contributed by atoms with van der Waals surface area (Å²) in [7, 11) is 1.62. The smallest absolute Gasteiger partial charge is 0.179 e. The maximum atomic E-state index is 12.8. The van der Waals surface area contributed by atoms with Crippen LogP contribution in [0.2, 0.25) is 0 Å². The molecule has 6 aromatic rings. The van der Waals surface area contributed by atoms with Crippen LogP contribution < -0.4 is 4.74 Å². The van der Waals surface area contributed by atoms with E-state index in [9.17, 15) is 5.11 Å². The van der Waals surface area contributed by atoms with Crippen molar-refractivity contribution < 1.29 is 14.4 Å². The number of rotatable bonds is 7. The highest BCUT2D eigenvalue weighted by Crippen LogP contribution is 2.44. The third kappa shape index (κ3) is 3.87. The molecule has 10 heteroatoms. The van der Waals surface area contributed by atoms with Gasteiger partial charge in [-0.2, -0.15) is 0 Å². The maximum Gasteiger partial charge on any atom is 0.179 e. The van der Waals surface area contributed by atoms with Gasteiger partial charge in [-0.1, -0.05) is 16.4 Å². The van der Waals surface area contributed by atoms with Crippen LogP contribution in [0.4, 0.5) is 0 Å². The Balaban J connectivity index is 1.48. The number of imidazole rings is 1. The Kier molecular flexibility index (Phi) is 5.53. The maximum absolute atomic E-state index is 12.8. The zero-order valence-electron chi connectivity index (χ0n) is 22.3. The summed E-state index contributed by atoms with van der Waals surface area (Å²) in [6.07, 6.45) is 5.56. The molecule has 10 nitrogen and oxygen atoms in total. The Bertz CT molecular complexity index is 1820. The van der Waals surface area contributed by atoms with Gasteiger partial charge in [0, 0.05) is 23.2 Å². The predicted octanol–water partition coefficient (Wildman–Crippen LogP) is 4.98. The van der Waals surface area contributed by atoms with Crippen LogP contribution in [0.3, 0.4) is 0 Å². The van der Waals surface area contributed by atoms with Crippen molar-refractivity contribution in [3.8, 4) is 22.6 Å². The average Bonchev–Trinajstić information content (AvgIpc) is 3.39. The topological polar surface area (TPSA) is 128 Å². The molecule has 1 saturated carbocycles. The molecular weight excluding hydrogens is 506 g/mol. The van der Waals surface area contributed by atoms with Crippen LogP contribution in [0, 0.1) is 13.8 Å². The van der Waals surface area contributed by atoms with Crippen LogP contribution in [-0.2, 0) is 5.60 Å². The third-order valence-electron chi connectivity index (χ3n) is 7.52. The van der Waals surface area contributed by atoms with E-state index in [1.165, 1.54) is 0 Å². The van der Waals surface area contributed by atoms with Crippen molar-refractivity contribution >= 4 is 11.0 Å². The molecule has 1 atom stereocenters. The number of H-pyrrole nitrogens is 1. The summed E-state index contributed by atoms with van der Waals surface area (Å²) in [6, 6.07) is 16.9.